The van der Waals surface area contributed by atoms with Crippen LogP contribution in [0.5, 0.6) is 0 Å². The molecule has 2 heterocycles. The van der Waals surface area contributed by atoms with Crippen molar-refractivity contribution in [1.29, 1.82) is 0 Å². The Labute approximate surface area is 104 Å². The van der Waals surface area contributed by atoms with E-state index in [0.29, 0.717) is 6.04 Å². The summed E-state index contributed by atoms with van der Waals surface area (Å²) >= 11 is 1.59. The van der Waals surface area contributed by atoms with Gasteiger partial charge in [-0.25, -0.2) is 4.98 Å². The molecular formula is C11H15N5S. The minimum atomic E-state index is -0.0212. The Morgan fingerprint density at radius 3 is 2.82 bits per heavy atom. The number of nitrogens with zero attached hydrogens (tertiary/aromatic N) is 4. The van der Waals surface area contributed by atoms with Gasteiger partial charge in [-0.1, -0.05) is 0 Å². The Kier molecular flexibility index (Phi) is 2.48. The number of hydrogen-bond acceptors (Lipinski definition) is 5. The second kappa shape index (κ2) is 3.89. The molecule has 1 aliphatic rings. The summed E-state index contributed by atoms with van der Waals surface area (Å²) in [5, 5.41) is 11.4. The van der Waals surface area contributed by atoms with E-state index < -0.39 is 0 Å². The highest BCUT2D eigenvalue weighted by Crippen LogP contribution is 2.38. The highest BCUT2D eigenvalue weighted by atomic mass is 32.1. The average Bonchev–Trinajstić information content (AvgIpc) is 2.87. The molecule has 2 N–H and O–H groups in total. The van der Waals surface area contributed by atoms with Crippen LogP contribution in [-0.4, -0.2) is 19.7 Å². The molecule has 0 saturated heterocycles. The first-order valence-electron chi connectivity index (χ1n) is 5.79. The summed E-state index contributed by atoms with van der Waals surface area (Å²) in [6.07, 6.45) is 2.44. The van der Waals surface area contributed by atoms with E-state index in [1.165, 1.54) is 12.8 Å². The van der Waals surface area contributed by atoms with Crippen molar-refractivity contribution in [3.05, 3.63) is 16.2 Å². The van der Waals surface area contributed by atoms with Gasteiger partial charge in [0.1, 0.15) is 16.5 Å². The summed E-state index contributed by atoms with van der Waals surface area (Å²) in [6, 6.07) is 0.549. The lowest BCUT2D eigenvalue weighted by Crippen LogP contribution is -2.04. The quantitative estimate of drug-likeness (QED) is 0.904. The van der Waals surface area contributed by atoms with Crippen molar-refractivity contribution < 1.29 is 0 Å². The Balaban J connectivity index is 2.02. The minimum absolute atomic E-state index is 0.0212. The first-order chi connectivity index (χ1) is 8.16. The van der Waals surface area contributed by atoms with Crippen LogP contribution in [-0.2, 0) is 0 Å². The lowest BCUT2D eigenvalue weighted by molar-refractivity contribution is 0.715. The van der Waals surface area contributed by atoms with Gasteiger partial charge in [-0.15, -0.1) is 21.5 Å². The van der Waals surface area contributed by atoms with Crippen LogP contribution < -0.4 is 5.73 Å². The van der Waals surface area contributed by atoms with E-state index in [9.17, 15) is 0 Å². The smallest absolute Gasteiger partial charge is 0.183 e. The first kappa shape index (κ1) is 10.9. The first-order valence-corrected chi connectivity index (χ1v) is 6.67. The summed E-state index contributed by atoms with van der Waals surface area (Å²) < 4.78 is 2.19. The molecule has 1 saturated carbocycles. The fourth-order valence-corrected chi connectivity index (χ4v) is 2.67. The number of hydrogen-bond donors (Lipinski definition) is 1. The Hall–Kier alpha value is -1.27. The summed E-state index contributed by atoms with van der Waals surface area (Å²) in [5.41, 5.74) is 6.72. The van der Waals surface area contributed by atoms with Gasteiger partial charge in [-0.3, -0.25) is 0 Å². The third kappa shape index (κ3) is 1.87. The topological polar surface area (TPSA) is 69.6 Å². The molecule has 1 unspecified atom stereocenters. The van der Waals surface area contributed by atoms with E-state index in [0.717, 1.165) is 22.4 Å². The maximum Gasteiger partial charge on any atom is 0.183 e. The molecule has 3 rings (SSSR count). The molecule has 0 amide bonds. The molecule has 17 heavy (non-hydrogen) atoms. The number of rotatable bonds is 3. The lowest BCUT2D eigenvalue weighted by Gasteiger charge is -2.04. The maximum absolute atomic E-state index is 5.83. The molecule has 90 valence electrons. The standard InChI is InChI=1S/C11H15N5S/c1-6(12)11-13-9(5-17-11)10-15-14-7(2)16(10)8-3-4-8/h5-6,8H,3-4,12H2,1-2H3. The average molecular weight is 249 g/mol. The van der Waals surface area contributed by atoms with Crippen LogP contribution in [0.4, 0.5) is 0 Å². The van der Waals surface area contributed by atoms with Gasteiger partial charge < -0.3 is 10.3 Å². The highest BCUT2D eigenvalue weighted by molar-refractivity contribution is 7.10. The SMILES string of the molecule is Cc1nnc(-c2csc(C(C)N)n2)n1C1CC1. The zero-order chi connectivity index (χ0) is 12.0. The molecule has 2 aromatic heterocycles. The van der Waals surface area contributed by atoms with Gasteiger partial charge in [0.25, 0.3) is 0 Å². The molecule has 1 atom stereocenters. The van der Waals surface area contributed by atoms with Gasteiger partial charge in [0.05, 0.1) is 6.04 Å². The third-order valence-corrected chi connectivity index (χ3v) is 3.96. The van der Waals surface area contributed by atoms with Crippen molar-refractivity contribution in [3.63, 3.8) is 0 Å². The van der Waals surface area contributed by atoms with E-state index in [2.05, 4.69) is 19.7 Å². The normalized spacial score (nSPS) is 17.4. The Morgan fingerprint density at radius 2 is 2.24 bits per heavy atom. The highest BCUT2D eigenvalue weighted by Gasteiger charge is 2.29. The second-order valence-electron chi connectivity index (χ2n) is 4.53. The van der Waals surface area contributed by atoms with Gasteiger partial charge in [-0.05, 0) is 26.7 Å². The fourth-order valence-electron chi connectivity index (χ4n) is 1.91. The van der Waals surface area contributed by atoms with Crippen LogP contribution in [0.25, 0.3) is 11.5 Å². The van der Waals surface area contributed by atoms with Gasteiger partial charge in [0.2, 0.25) is 0 Å². The molecule has 0 bridgehead atoms. The Bertz CT molecular complexity index is 538. The molecule has 2 aromatic rings. The molecular weight excluding hydrogens is 234 g/mol. The Morgan fingerprint density at radius 1 is 1.47 bits per heavy atom. The molecule has 0 aliphatic heterocycles. The van der Waals surface area contributed by atoms with E-state index in [-0.39, 0.29) is 6.04 Å². The van der Waals surface area contributed by atoms with Crippen LogP contribution in [0.3, 0.4) is 0 Å². The van der Waals surface area contributed by atoms with Gasteiger partial charge in [-0.2, -0.15) is 0 Å². The van der Waals surface area contributed by atoms with Crippen molar-refractivity contribution >= 4 is 11.3 Å². The van der Waals surface area contributed by atoms with E-state index >= 15 is 0 Å². The molecule has 0 radical (unpaired) electrons. The van der Waals surface area contributed by atoms with E-state index in [4.69, 9.17) is 5.73 Å². The summed E-state index contributed by atoms with van der Waals surface area (Å²) in [5.74, 6) is 1.85. The van der Waals surface area contributed by atoms with Crippen LogP contribution >= 0.6 is 11.3 Å². The largest absolute Gasteiger partial charge is 0.322 e. The summed E-state index contributed by atoms with van der Waals surface area (Å²) in [6.45, 7) is 3.94. The van der Waals surface area contributed by atoms with Gasteiger partial charge in [0.15, 0.2) is 5.82 Å². The maximum atomic E-state index is 5.83. The van der Waals surface area contributed by atoms with Crippen LogP contribution in [0.1, 0.15) is 42.7 Å². The molecule has 5 nitrogen and oxygen atoms in total. The molecule has 0 spiro atoms. The molecule has 1 fully saturated rings. The van der Waals surface area contributed by atoms with Crippen LogP contribution in [0.2, 0.25) is 0 Å². The van der Waals surface area contributed by atoms with Crippen molar-refractivity contribution in [1.82, 2.24) is 19.7 Å². The van der Waals surface area contributed by atoms with E-state index in [1.807, 2.05) is 19.2 Å². The molecule has 1 aliphatic carbocycles. The van der Waals surface area contributed by atoms with Crippen molar-refractivity contribution in [2.45, 2.75) is 38.8 Å². The zero-order valence-corrected chi connectivity index (χ0v) is 10.7. The zero-order valence-electron chi connectivity index (χ0n) is 9.92. The van der Waals surface area contributed by atoms with Crippen molar-refractivity contribution in [3.8, 4) is 11.5 Å². The second-order valence-corrected chi connectivity index (χ2v) is 5.42. The predicted octanol–water partition coefficient (Wildman–Crippen LogP) is 2.06. The number of aromatic nitrogens is 4. The van der Waals surface area contributed by atoms with Crippen LogP contribution in [0, 0.1) is 6.92 Å². The fraction of sp³-hybridized carbons (Fsp3) is 0.545. The lowest BCUT2D eigenvalue weighted by atomic mass is 10.4. The summed E-state index contributed by atoms with van der Waals surface area (Å²) in [7, 11) is 0. The molecule has 0 aromatic carbocycles. The van der Waals surface area contributed by atoms with Crippen molar-refractivity contribution in [2.24, 2.45) is 5.73 Å². The number of nitrogens with two attached hydrogens (primary N) is 1. The monoisotopic (exact) mass is 249 g/mol. The van der Waals surface area contributed by atoms with Gasteiger partial charge >= 0.3 is 0 Å². The van der Waals surface area contributed by atoms with Crippen molar-refractivity contribution in [2.75, 3.05) is 0 Å². The summed E-state index contributed by atoms with van der Waals surface area (Å²) in [4.78, 5) is 4.53. The predicted molar refractivity (Wildman–Crippen MR) is 66.7 cm³/mol. The number of thiazole rings is 1. The van der Waals surface area contributed by atoms with E-state index in [1.54, 1.807) is 11.3 Å². The molecule has 6 heteroatoms. The number of aryl methyl sites for hydroxylation is 1. The van der Waals surface area contributed by atoms with Gasteiger partial charge in [0, 0.05) is 11.4 Å². The minimum Gasteiger partial charge on any atom is -0.322 e. The third-order valence-electron chi connectivity index (χ3n) is 2.92. The van der Waals surface area contributed by atoms with Crippen LogP contribution in [0.15, 0.2) is 5.38 Å².